The van der Waals surface area contributed by atoms with Crippen molar-refractivity contribution in [2.75, 3.05) is 0 Å². The van der Waals surface area contributed by atoms with Crippen LogP contribution >= 0.6 is 45.9 Å². The molecule has 0 amide bonds. The Labute approximate surface area is 367 Å². The average molecular weight is 850 g/mol. The lowest BCUT2D eigenvalue weighted by Gasteiger charge is -2.01. The summed E-state index contributed by atoms with van der Waals surface area (Å²) in [7, 11) is 2.12. The third-order valence-electron chi connectivity index (χ3n) is 11.3. The number of alkyl halides is 2. The Morgan fingerprint density at radius 3 is 0.786 bits per heavy atom. The number of hydrogen-bond donors (Lipinski definition) is 0. The van der Waals surface area contributed by atoms with Crippen LogP contribution < -0.4 is 0 Å². The number of hydrogen-bond acceptors (Lipinski definition) is 2. The van der Waals surface area contributed by atoms with Crippen LogP contribution in [0.3, 0.4) is 0 Å². The Kier molecular flexibility index (Phi) is 30.8. The molecule has 1 saturated carbocycles. The van der Waals surface area contributed by atoms with Crippen molar-refractivity contribution in [2.24, 2.45) is 17.9 Å². The van der Waals surface area contributed by atoms with E-state index < -0.39 is 4.33 Å². The summed E-state index contributed by atoms with van der Waals surface area (Å²) in [5, 5.41) is 0. The summed E-state index contributed by atoms with van der Waals surface area (Å²) in [4.78, 5) is 8.99. The molecule has 1 aliphatic carbocycles. The summed E-state index contributed by atoms with van der Waals surface area (Å²) in [5.41, 5.74) is 14.4. The molecule has 322 valence electrons. The van der Waals surface area contributed by atoms with Crippen molar-refractivity contribution in [1.82, 2.24) is 4.57 Å². The lowest BCUT2D eigenvalue weighted by atomic mass is 10.0. The molecule has 0 N–H and O–H groups in total. The molecule has 0 spiro atoms. The van der Waals surface area contributed by atoms with Gasteiger partial charge in [0.25, 0.3) is 0 Å². The van der Waals surface area contributed by atoms with Gasteiger partial charge in [-0.1, -0.05) is 93.5 Å². The summed E-state index contributed by atoms with van der Waals surface area (Å²) in [5.74, 6) is 0. The van der Waals surface area contributed by atoms with Gasteiger partial charge in [0, 0.05) is 62.6 Å². The van der Waals surface area contributed by atoms with Crippen molar-refractivity contribution < 1.29 is 0 Å². The van der Waals surface area contributed by atoms with Gasteiger partial charge in [-0.05, 0) is 141 Å². The van der Waals surface area contributed by atoms with Crippen LogP contribution in [0.25, 0.3) is 4.85 Å². The van der Waals surface area contributed by atoms with Gasteiger partial charge in [0.05, 0.1) is 0 Å². The highest BCUT2D eigenvalue weighted by Crippen LogP contribution is 2.77. The number of aryl methyl sites for hydroxylation is 6. The van der Waals surface area contributed by atoms with Crippen LogP contribution in [0, 0.1) is 114 Å². The molecule has 0 atom stereocenters. The normalized spacial score (nSPS) is 12.9. The molecule has 4 aromatic rings. The molecular formula is C50H86Cl2N2S2. The van der Waals surface area contributed by atoms with Gasteiger partial charge in [-0.2, -0.15) is 0 Å². The number of thiophene rings is 2. The highest BCUT2D eigenvalue weighted by atomic mass is 35.5. The Morgan fingerprint density at radius 2 is 0.714 bits per heavy atom. The molecular weight excluding hydrogens is 764 g/mol. The minimum atomic E-state index is -0.514. The third kappa shape index (κ3) is 17.4. The lowest BCUT2D eigenvalue weighted by molar-refractivity contribution is 0.457. The number of rotatable bonds is 0. The highest BCUT2D eigenvalue weighted by Gasteiger charge is 2.76. The molecule has 3 aromatic heterocycles. The Hall–Kier alpha value is -2.03. The van der Waals surface area contributed by atoms with Gasteiger partial charge in [0.15, 0.2) is 0 Å². The molecule has 5 rings (SSSR count). The van der Waals surface area contributed by atoms with Gasteiger partial charge in [-0.25, -0.2) is 6.57 Å². The molecule has 0 saturated heterocycles. The maximum absolute atomic E-state index is 6.28. The third-order valence-corrected chi connectivity index (χ3v) is 15.6. The second kappa shape index (κ2) is 28.4. The van der Waals surface area contributed by atoms with E-state index in [-0.39, 0.29) is 16.9 Å². The standard InChI is InChI=1S/C9H15N.2C8H12S.C8H10.C7H12Cl2.C4H7N.3C2H6/c1-6-7(2)9(4)10(5)8(6)3;2*1-5-6(2)8(4)9-7(5)3;1-7-5-3-4-6-8(7)2;1-5(2)6(3,4)7(5,8)9;1-4(2)5-3;3*1-2/h1-5H3;2*1-4H3;3-6H,1-2H3;1-4H3;4H,1-2H3;3*1-2H3. The zero-order valence-corrected chi connectivity index (χ0v) is 44.5. The van der Waals surface area contributed by atoms with Crippen LogP contribution in [0.4, 0.5) is 0 Å². The predicted octanol–water partition coefficient (Wildman–Crippen LogP) is 18.1. The van der Waals surface area contributed by atoms with Gasteiger partial charge in [0.1, 0.15) is 4.33 Å². The van der Waals surface area contributed by atoms with E-state index in [9.17, 15) is 0 Å². The summed E-state index contributed by atoms with van der Waals surface area (Å²) in [6, 6.07) is 8.53. The largest absolute Gasteiger partial charge is 0.352 e. The summed E-state index contributed by atoms with van der Waals surface area (Å²) in [6.07, 6.45) is 0. The van der Waals surface area contributed by atoms with Gasteiger partial charge in [-0.3, -0.25) is 0 Å². The van der Waals surface area contributed by atoms with Gasteiger partial charge in [0.2, 0.25) is 6.04 Å². The fourth-order valence-electron chi connectivity index (χ4n) is 4.96. The van der Waals surface area contributed by atoms with Gasteiger partial charge < -0.3 is 9.41 Å². The van der Waals surface area contributed by atoms with Crippen molar-refractivity contribution in [2.45, 2.75) is 190 Å². The molecule has 1 aliphatic rings. The van der Waals surface area contributed by atoms with E-state index in [1.807, 2.05) is 78.1 Å². The smallest absolute Gasteiger partial charge is 0.218 e. The maximum Gasteiger partial charge on any atom is 0.218 e. The summed E-state index contributed by atoms with van der Waals surface area (Å²) in [6.45, 7) is 60.8. The predicted molar refractivity (Wildman–Crippen MR) is 265 cm³/mol. The Bertz CT molecular complexity index is 1480. The molecule has 0 radical (unpaired) electrons. The van der Waals surface area contributed by atoms with E-state index in [1.54, 1.807) is 0 Å². The van der Waals surface area contributed by atoms with E-state index in [4.69, 9.17) is 29.8 Å². The van der Waals surface area contributed by atoms with E-state index >= 15 is 0 Å². The lowest BCUT2D eigenvalue weighted by Crippen LogP contribution is -1.96. The van der Waals surface area contributed by atoms with E-state index in [1.165, 1.54) is 75.4 Å². The van der Waals surface area contributed by atoms with Crippen LogP contribution in [0.15, 0.2) is 24.3 Å². The van der Waals surface area contributed by atoms with E-state index in [0.29, 0.717) is 0 Å². The quantitative estimate of drug-likeness (QED) is 0.123. The van der Waals surface area contributed by atoms with Crippen molar-refractivity contribution in [3.63, 3.8) is 0 Å². The fraction of sp³-hybridized carbons (Fsp3) is 0.620. The number of aromatic nitrogens is 1. The molecule has 6 heteroatoms. The molecule has 2 nitrogen and oxygen atoms in total. The fourth-order valence-corrected chi connectivity index (χ4v) is 7.95. The van der Waals surface area contributed by atoms with Crippen molar-refractivity contribution >= 4 is 45.9 Å². The summed E-state index contributed by atoms with van der Waals surface area (Å²) < 4.78 is 1.73. The first-order valence-electron chi connectivity index (χ1n) is 20.6. The van der Waals surface area contributed by atoms with Crippen LogP contribution in [-0.2, 0) is 7.05 Å². The average Bonchev–Trinajstić information content (AvgIpc) is 3.42. The van der Waals surface area contributed by atoms with E-state index in [0.717, 1.165) is 0 Å². The second-order valence-corrected chi connectivity index (χ2v) is 19.2. The summed E-state index contributed by atoms with van der Waals surface area (Å²) >= 11 is 15.8. The SMILES string of the molecule is CC.CC.CC.CC1(C)C(C)(C)C1(Cl)Cl.Cc1c(C)c(C)n(C)c1C.Cc1ccccc1C.Cc1sc(C)c(C)c1C.Cc1sc(C)c(C)c1C.[C-]#[N+]C(C)C. The molecule has 0 unspecified atom stereocenters. The highest BCUT2D eigenvalue weighted by molar-refractivity contribution is 7.12. The van der Waals surface area contributed by atoms with Crippen molar-refractivity contribution in [3.8, 4) is 0 Å². The Morgan fingerprint density at radius 1 is 0.518 bits per heavy atom. The van der Waals surface area contributed by atoms with Gasteiger partial charge in [-0.15, -0.1) is 45.9 Å². The van der Waals surface area contributed by atoms with E-state index in [2.05, 4.69) is 165 Å². The van der Waals surface area contributed by atoms with Crippen LogP contribution in [0.1, 0.15) is 158 Å². The van der Waals surface area contributed by atoms with Gasteiger partial charge >= 0.3 is 0 Å². The topological polar surface area (TPSA) is 9.29 Å². The molecule has 0 bridgehead atoms. The molecule has 1 fully saturated rings. The molecule has 56 heavy (non-hydrogen) atoms. The molecule has 0 aliphatic heterocycles. The van der Waals surface area contributed by atoms with Crippen LogP contribution in [0.2, 0.25) is 0 Å². The van der Waals surface area contributed by atoms with Crippen molar-refractivity contribution in [3.05, 3.63) is 111 Å². The maximum atomic E-state index is 6.28. The van der Waals surface area contributed by atoms with Crippen molar-refractivity contribution in [1.29, 1.82) is 0 Å². The molecule has 3 heterocycles. The first kappa shape index (κ1) is 60.6. The van der Waals surface area contributed by atoms with Crippen LogP contribution in [-0.4, -0.2) is 14.9 Å². The zero-order valence-electron chi connectivity index (χ0n) is 41.4. The zero-order chi connectivity index (χ0) is 45.7. The monoisotopic (exact) mass is 849 g/mol. The second-order valence-electron chi connectivity index (χ2n) is 15.0. The number of halogens is 2. The number of nitrogens with zero attached hydrogens (tertiary/aromatic N) is 2. The minimum Gasteiger partial charge on any atom is -0.352 e. The first-order chi connectivity index (χ1) is 25.6. The Balaban J connectivity index is -0.000000284. The van der Waals surface area contributed by atoms with Crippen LogP contribution in [0.5, 0.6) is 0 Å². The molecule has 1 aromatic carbocycles. The number of benzene rings is 1. The minimum absolute atomic E-state index is 0.0725. The first-order valence-corrected chi connectivity index (χ1v) is 22.9.